The SMILES string of the molecule is C[C@@H]1CN(c2ccc(C#N)c3ncccc23)C[C@@H]2CCN(Cc3cnc(N4CCNCC4)nc3)CCN21. The predicted octanol–water partition coefficient (Wildman–Crippen LogP) is 2.09. The van der Waals surface area contributed by atoms with Gasteiger partial charge in [0.05, 0.1) is 11.1 Å². The number of anilines is 2. The molecule has 5 heterocycles. The molecule has 0 amide bonds. The highest BCUT2D eigenvalue weighted by Crippen LogP contribution is 2.32. The Morgan fingerprint density at radius 3 is 2.62 bits per heavy atom. The van der Waals surface area contributed by atoms with Crippen molar-refractivity contribution in [2.24, 2.45) is 0 Å². The van der Waals surface area contributed by atoms with Gasteiger partial charge in [-0.2, -0.15) is 5.26 Å². The molecule has 0 unspecified atom stereocenters. The van der Waals surface area contributed by atoms with Gasteiger partial charge in [0.25, 0.3) is 0 Å². The summed E-state index contributed by atoms with van der Waals surface area (Å²) in [5, 5.41) is 14.0. The zero-order valence-corrected chi connectivity index (χ0v) is 21.6. The number of rotatable bonds is 4. The molecule has 0 aliphatic carbocycles. The zero-order valence-electron chi connectivity index (χ0n) is 21.6. The molecule has 1 N–H and O–H groups in total. The summed E-state index contributed by atoms with van der Waals surface area (Å²) in [6.07, 6.45) is 6.93. The maximum absolute atomic E-state index is 9.54. The first-order valence-electron chi connectivity index (χ1n) is 13.5. The summed E-state index contributed by atoms with van der Waals surface area (Å²) in [7, 11) is 0. The predicted molar refractivity (Wildman–Crippen MR) is 146 cm³/mol. The standard InChI is InChI=1S/C28H35N9/c1-21-18-36(26-5-4-23(15-29)27-25(26)3-2-7-31-27)20-24-6-10-34(13-14-37(21)24)19-22-16-32-28(33-17-22)35-11-8-30-9-12-35/h2-5,7,16-17,21,24,30H,6,8-14,18-20H2,1H3/t21-,24+/m1/s1. The first-order chi connectivity index (χ1) is 18.2. The molecule has 0 spiro atoms. The lowest BCUT2D eigenvalue weighted by atomic mass is 10.0. The summed E-state index contributed by atoms with van der Waals surface area (Å²) in [6, 6.07) is 11.4. The quantitative estimate of drug-likeness (QED) is 0.582. The van der Waals surface area contributed by atoms with Gasteiger partial charge in [-0.15, -0.1) is 0 Å². The third-order valence-corrected chi connectivity index (χ3v) is 8.11. The van der Waals surface area contributed by atoms with Crippen LogP contribution in [0.15, 0.2) is 42.9 Å². The second-order valence-corrected chi connectivity index (χ2v) is 10.5. The van der Waals surface area contributed by atoms with Crippen molar-refractivity contribution in [1.82, 2.24) is 30.1 Å². The van der Waals surface area contributed by atoms with E-state index in [2.05, 4.69) is 65.0 Å². The lowest BCUT2D eigenvalue weighted by Gasteiger charge is -2.46. The van der Waals surface area contributed by atoms with Crippen LogP contribution in [0.5, 0.6) is 0 Å². The summed E-state index contributed by atoms with van der Waals surface area (Å²) in [4.78, 5) is 23.9. The molecule has 192 valence electrons. The summed E-state index contributed by atoms with van der Waals surface area (Å²) < 4.78 is 0. The van der Waals surface area contributed by atoms with E-state index in [-0.39, 0.29) is 0 Å². The van der Waals surface area contributed by atoms with Crippen LogP contribution in [0, 0.1) is 11.3 Å². The van der Waals surface area contributed by atoms with Crippen LogP contribution in [-0.4, -0.2) is 95.7 Å². The Balaban J connectivity index is 1.13. The average Bonchev–Trinajstić information content (AvgIpc) is 3.16. The molecule has 0 bridgehead atoms. The third-order valence-electron chi connectivity index (χ3n) is 8.11. The van der Waals surface area contributed by atoms with Crippen LogP contribution in [0.25, 0.3) is 10.9 Å². The summed E-state index contributed by atoms with van der Waals surface area (Å²) in [6.45, 7) is 12.3. The van der Waals surface area contributed by atoms with Gasteiger partial charge in [0.1, 0.15) is 6.07 Å². The van der Waals surface area contributed by atoms with E-state index in [0.717, 1.165) is 88.7 Å². The number of hydrogen-bond donors (Lipinski definition) is 1. The van der Waals surface area contributed by atoms with E-state index in [1.54, 1.807) is 6.20 Å². The maximum atomic E-state index is 9.54. The second kappa shape index (κ2) is 10.6. The number of nitrogens with one attached hydrogen (secondary N) is 1. The van der Waals surface area contributed by atoms with Crippen molar-refractivity contribution < 1.29 is 0 Å². The lowest BCUT2D eigenvalue weighted by Crippen LogP contribution is -2.58. The van der Waals surface area contributed by atoms with Crippen molar-refractivity contribution in [1.29, 1.82) is 5.26 Å². The Morgan fingerprint density at radius 2 is 1.81 bits per heavy atom. The molecule has 9 heteroatoms. The van der Waals surface area contributed by atoms with Crippen LogP contribution >= 0.6 is 0 Å². The first kappa shape index (κ1) is 24.0. The number of aromatic nitrogens is 3. The van der Waals surface area contributed by atoms with Crippen LogP contribution in [0.1, 0.15) is 24.5 Å². The van der Waals surface area contributed by atoms with Gasteiger partial charge in [-0.3, -0.25) is 14.8 Å². The Morgan fingerprint density at radius 1 is 0.973 bits per heavy atom. The Kier molecular flexibility index (Phi) is 6.87. The Hall–Kier alpha value is -3.32. The largest absolute Gasteiger partial charge is 0.368 e. The van der Waals surface area contributed by atoms with Gasteiger partial charge in [-0.25, -0.2) is 9.97 Å². The number of piperazine rings is 2. The Bertz CT molecular complexity index is 1260. The molecule has 0 saturated carbocycles. The topological polar surface area (TPSA) is 87.5 Å². The van der Waals surface area contributed by atoms with Crippen molar-refractivity contribution in [2.45, 2.75) is 32.0 Å². The second-order valence-electron chi connectivity index (χ2n) is 10.5. The zero-order chi connectivity index (χ0) is 25.2. The number of benzene rings is 1. The molecular weight excluding hydrogens is 462 g/mol. The maximum Gasteiger partial charge on any atom is 0.225 e. The van der Waals surface area contributed by atoms with Gasteiger partial charge in [0.15, 0.2) is 0 Å². The fraction of sp³-hybridized carbons (Fsp3) is 0.500. The molecule has 3 saturated heterocycles. The van der Waals surface area contributed by atoms with Crippen molar-refractivity contribution in [3.63, 3.8) is 0 Å². The van der Waals surface area contributed by atoms with E-state index < -0.39 is 0 Å². The summed E-state index contributed by atoms with van der Waals surface area (Å²) in [5.74, 6) is 0.845. The normalized spacial score (nSPS) is 23.5. The molecule has 3 aromatic rings. The number of nitriles is 1. The molecule has 3 aliphatic rings. The van der Waals surface area contributed by atoms with E-state index in [9.17, 15) is 5.26 Å². The smallest absolute Gasteiger partial charge is 0.225 e. The molecule has 3 fully saturated rings. The van der Waals surface area contributed by atoms with E-state index in [0.29, 0.717) is 17.6 Å². The Labute approximate surface area is 218 Å². The van der Waals surface area contributed by atoms with Crippen LogP contribution in [0.3, 0.4) is 0 Å². The first-order valence-corrected chi connectivity index (χ1v) is 13.5. The minimum absolute atomic E-state index is 0.461. The van der Waals surface area contributed by atoms with Gasteiger partial charge in [-0.1, -0.05) is 0 Å². The summed E-state index contributed by atoms with van der Waals surface area (Å²) in [5.41, 5.74) is 3.82. The molecule has 0 radical (unpaired) electrons. The van der Waals surface area contributed by atoms with Crippen LogP contribution in [0.2, 0.25) is 0 Å². The third kappa shape index (κ3) is 4.97. The van der Waals surface area contributed by atoms with E-state index in [4.69, 9.17) is 0 Å². The number of fused-ring (bicyclic) bond motifs is 2. The molecule has 2 aromatic heterocycles. The number of pyridine rings is 1. The van der Waals surface area contributed by atoms with Gasteiger partial charge >= 0.3 is 0 Å². The number of nitrogens with zero attached hydrogens (tertiary/aromatic N) is 8. The van der Waals surface area contributed by atoms with E-state index in [1.165, 1.54) is 11.3 Å². The molecule has 9 nitrogen and oxygen atoms in total. The molecule has 37 heavy (non-hydrogen) atoms. The molecular formula is C28H35N9. The van der Waals surface area contributed by atoms with Crippen molar-refractivity contribution in [3.8, 4) is 6.07 Å². The molecule has 3 aliphatic heterocycles. The minimum Gasteiger partial charge on any atom is -0.368 e. The van der Waals surface area contributed by atoms with Crippen molar-refractivity contribution in [3.05, 3.63) is 54.0 Å². The molecule has 2 atom stereocenters. The van der Waals surface area contributed by atoms with Gasteiger partial charge in [0, 0.05) is 113 Å². The highest BCUT2D eigenvalue weighted by atomic mass is 15.3. The van der Waals surface area contributed by atoms with Gasteiger partial charge in [-0.05, 0) is 37.6 Å². The van der Waals surface area contributed by atoms with Crippen molar-refractivity contribution >= 4 is 22.5 Å². The van der Waals surface area contributed by atoms with Gasteiger partial charge in [0.2, 0.25) is 5.95 Å². The minimum atomic E-state index is 0.461. The fourth-order valence-electron chi connectivity index (χ4n) is 6.17. The van der Waals surface area contributed by atoms with Gasteiger partial charge < -0.3 is 15.1 Å². The fourth-order valence-corrected chi connectivity index (χ4v) is 6.17. The highest BCUT2D eigenvalue weighted by Gasteiger charge is 2.34. The highest BCUT2D eigenvalue weighted by molar-refractivity contribution is 5.95. The lowest BCUT2D eigenvalue weighted by molar-refractivity contribution is 0.127. The number of hydrogen-bond acceptors (Lipinski definition) is 9. The van der Waals surface area contributed by atoms with Crippen LogP contribution in [0.4, 0.5) is 11.6 Å². The van der Waals surface area contributed by atoms with Crippen LogP contribution in [-0.2, 0) is 6.54 Å². The summed E-state index contributed by atoms with van der Waals surface area (Å²) >= 11 is 0. The van der Waals surface area contributed by atoms with E-state index in [1.807, 2.05) is 24.5 Å². The molecule has 6 rings (SSSR count). The van der Waals surface area contributed by atoms with E-state index >= 15 is 0 Å². The average molecular weight is 498 g/mol. The van der Waals surface area contributed by atoms with Crippen LogP contribution < -0.4 is 15.1 Å². The molecule has 1 aromatic carbocycles. The van der Waals surface area contributed by atoms with Crippen molar-refractivity contribution in [2.75, 3.05) is 68.7 Å². The monoisotopic (exact) mass is 497 g/mol.